The third-order valence-corrected chi connectivity index (χ3v) is 7.76. The van der Waals surface area contributed by atoms with Crippen molar-refractivity contribution in [3.63, 3.8) is 0 Å². The number of amides is 1. The number of carbonyl (C=O) groups excluding carboxylic acids is 1. The molecule has 0 bridgehead atoms. The van der Waals surface area contributed by atoms with Crippen LogP contribution in [-0.2, 0) is 10.0 Å². The van der Waals surface area contributed by atoms with Crippen molar-refractivity contribution < 1.29 is 13.2 Å². The number of anilines is 1. The van der Waals surface area contributed by atoms with Gasteiger partial charge < -0.3 is 5.32 Å². The number of nitrogens with zero attached hydrogens (tertiary/aromatic N) is 1. The molecule has 1 N–H and O–H groups in total. The monoisotopic (exact) mass is 438 g/mol. The molecule has 0 atom stereocenters. The molecule has 2 aromatic carbocycles. The van der Waals surface area contributed by atoms with Crippen molar-refractivity contribution in [1.29, 1.82) is 0 Å². The smallest absolute Gasteiger partial charge is 0.257 e. The minimum atomic E-state index is -3.65. The van der Waals surface area contributed by atoms with Gasteiger partial charge in [0.05, 0.1) is 21.2 Å². The molecule has 0 saturated carbocycles. The summed E-state index contributed by atoms with van der Waals surface area (Å²) >= 11 is 7.73. The lowest BCUT2D eigenvalue weighted by Crippen LogP contribution is -2.32. The van der Waals surface area contributed by atoms with Crippen molar-refractivity contribution in [3.05, 3.63) is 53.1 Å². The quantitative estimate of drug-likeness (QED) is 0.675. The molecule has 1 aliphatic rings. The average Bonchev–Trinajstić information content (AvgIpc) is 2.98. The van der Waals surface area contributed by atoms with Crippen molar-refractivity contribution in [2.45, 2.75) is 35.5 Å². The van der Waals surface area contributed by atoms with Gasteiger partial charge in [0.1, 0.15) is 0 Å². The molecule has 0 aliphatic carbocycles. The zero-order chi connectivity index (χ0) is 20.1. The summed E-state index contributed by atoms with van der Waals surface area (Å²) < 4.78 is 27.6. The fraction of sp³-hybridized carbons (Fsp3) is 0.350. The summed E-state index contributed by atoms with van der Waals surface area (Å²) in [5.41, 5.74) is 0.810. The fourth-order valence-electron chi connectivity index (χ4n) is 3.21. The fourth-order valence-corrected chi connectivity index (χ4v) is 5.51. The van der Waals surface area contributed by atoms with Crippen LogP contribution in [0.2, 0.25) is 5.02 Å². The summed E-state index contributed by atoms with van der Waals surface area (Å²) in [7, 11) is -3.65. The maximum absolute atomic E-state index is 13.0. The van der Waals surface area contributed by atoms with Crippen LogP contribution in [0.3, 0.4) is 0 Å². The highest BCUT2D eigenvalue weighted by Gasteiger charge is 2.26. The van der Waals surface area contributed by atoms with Crippen LogP contribution in [0.1, 0.15) is 36.0 Å². The Bertz CT molecular complexity index is 956. The second-order valence-corrected chi connectivity index (χ2v) is 9.81. The van der Waals surface area contributed by atoms with E-state index in [2.05, 4.69) is 5.32 Å². The predicted octanol–water partition coefficient (Wildman–Crippen LogP) is 4.88. The molecule has 1 fully saturated rings. The average molecular weight is 439 g/mol. The number of nitrogens with one attached hydrogen (secondary N) is 1. The molecule has 0 unspecified atom stereocenters. The third kappa shape index (κ3) is 4.71. The summed E-state index contributed by atoms with van der Waals surface area (Å²) in [6, 6.07) is 11.7. The molecule has 1 heterocycles. The molecule has 1 aliphatic heterocycles. The molecule has 0 radical (unpaired) electrons. The summed E-state index contributed by atoms with van der Waals surface area (Å²) in [5.74, 6) is -0.431. The van der Waals surface area contributed by atoms with E-state index < -0.39 is 15.9 Å². The summed E-state index contributed by atoms with van der Waals surface area (Å²) in [6.45, 7) is 1.02. The lowest BCUT2D eigenvalue weighted by molar-refractivity contribution is 0.102. The van der Waals surface area contributed by atoms with E-state index in [0.29, 0.717) is 18.8 Å². The number of thioether (sulfide) groups is 1. The molecule has 8 heteroatoms. The Morgan fingerprint density at radius 2 is 1.75 bits per heavy atom. The SMILES string of the molecule is CSc1ccccc1NC(=O)c1cc(S(=O)(=O)N2CCCCCC2)ccc1Cl. The van der Waals surface area contributed by atoms with Gasteiger partial charge in [-0.1, -0.05) is 36.6 Å². The van der Waals surface area contributed by atoms with E-state index in [1.165, 1.54) is 34.3 Å². The molecule has 5 nitrogen and oxygen atoms in total. The van der Waals surface area contributed by atoms with E-state index in [4.69, 9.17) is 11.6 Å². The van der Waals surface area contributed by atoms with E-state index >= 15 is 0 Å². The molecular formula is C20H23ClN2O3S2. The van der Waals surface area contributed by atoms with E-state index in [9.17, 15) is 13.2 Å². The van der Waals surface area contributed by atoms with Crippen LogP contribution in [0.5, 0.6) is 0 Å². The van der Waals surface area contributed by atoms with Gasteiger partial charge in [0.15, 0.2) is 0 Å². The van der Waals surface area contributed by atoms with E-state index in [0.717, 1.165) is 30.6 Å². The molecule has 1 amide bonds. The van der Waals surface area contributed by atoms with Gasteiger partial charge in [0, 0.05) is 18.0 Å². The molecule has 2 aromatic rings. The Balaban J connectivity index is 1.89. The topological polar surface area (TPSA) is 66.5 Å². The Hall–Kier alpha value is -1.54. The number of halogens is 1. The Labute approximate surface area is 175 Å². The van der Waals surface area contributed by atoms with Crippen molar-refractivity contribution in [2.75, 3.05) is 24.7 Å². The first-order chi connectivity index (χ1) is 13.4. The van der Waals surface area contributed by atoms with Gasteiger partial charge in [0.2, 0.25) is 10.0 Å². The van der Waals surface area contributed by atoms with Gasteiger partial charge in [0.25, 0.3) is 5.91 Å². The van der Waals surface area contributed by atoms with Crippen LogP contribution in [-0.4, -0.2) is 38.0 Å². The summed E-state index contributed by atoms with van der Waals surface area (Å²) in [5, 5.41) is 3.05. The number of carbonyl (C=O) groups is 1. The molecule has 0 spiro atoms. The molecule has 150 valence electrons. The van der Waals surface area contributed by atoms with Gasteiger partial charge in [-0.2, -0.15) is 4.31 Å². The first-order valence-electron chi connectivity index (χ1n) is 9.17. The zero-order valence-electron chi connectivity index (χ0n) is 15.7. The lowest BCUT2D eigenvalue weighted by atomic mass is 10.2. The van der Waals surface area contributed by atoms with Crippen molar-refractivity contribution in [3.8, 4) is 0 Å². The lowest BCUT2D eigenvalue weighted by Gasteiger charge is -2.20. The van der Waals surface area contributed by atoms with Crippen molar-refractivity contribution >= 4 is 45.0 Å². The van der Waals surface area contributed by atoms with Gasteiger partial charge in [-0.15, -0.1) is 11.8 Å². The molecule has 3 rings (SSSR count). The second kappa shape index (κ2) is 9.31. The third-order valence-electron chi connectivity index (χ3n) is 4.74. The second-order valence-electron chi connectivity index (χ2n) is 6.61. The number of para-hydroxylation sites is 1. The van der Waals surface area contributed by atoms with E-state index in [1.807, 2.05) is 24.5 Å². The normalized spacial score (nSPS) is 15.8. The number of hydrogen-bond acceptors (Lipinski definition) is 4. The number of sulfonamides is 1. The maximum Gasteiger partial charge on any atom is 0.257 e. The molecule has 0 aromatic heterocycles. The van der Waals surface area contributed by atoms with Crippen LogP contribution >= 0.6 is 23.4 Å². The van der Waals surface area contributed by atoms with Gasteiger partial charge >= 0.3 is 0 Å². The van der Waals surface area contributed by atoms with Crippen LogP contribution in [0, 0.1) is 0 Å². The maximum atomic E-state index is 13.0. The molecular weight excluding hydrogens is 416 g/mol. The first kappa shape index (κ1) is 21.2. The van der Waals surface area contributed by atoms with E-state index in [1.54, 1.807) is 6.07 Å². The predicted molar refractivity (Wildman–Crippen MR) is 115 cm³/mol. The van der Waals surface area contributed by atoms with Crippen LogP contribution < -0.4 is 5.32 Å². The Morgan fingerprint density at radius 1 is 1.07 bits per heavy atom. The molecule has 1 saturated heterocycles. The van der Waals surface area contributed by atoms with Gasteiger partial charge in [-0.3, -0.25) is 4.79 Å². The van der Waals surface area contributed by atoms with Crippen LogP contribution in [0.4, 0.5) is 5.69 Å². The van der Waals surface area contributed by atoms with Crippen LogP contribution in [0.15, 0.2) is 52.3 Å². The summed E-state index contributed by atoms with van der Waals surface area (Å²) in [6.07, 6.45) is 5.70. The van der Waals surface area contributed by atoms with Crippen LogP contribution in [0.25, 0.3) is 0 Å². The minimum Gasteiger partial charge on any atom is -0.321 e. The highest BCUT2D eigenvalue weighted by Crippen LogP contribution is 2.28. The largest absolute Gasteiger partial charge is 0.321 e. The van der Waals surface area contributed by atoms with Crippen molar-refractivity contribution in [1.82, 2.24) is 4.31 Å². The first-order valence-corrected chi connectivity index (χ1v) is 12.2. The number of rotatable bonds is 5. The Morgan fingerprint density at radius 3 is 2.43 bits per heavy atom. The highest BCUT2D eigenvalue weighted by molar-refractivity contribution is 7.98. The van der Waals surface area contributed by atoms with E-state index in [-0.39, 0.29) is 15.5 Å². The number of hydrogen-bond donors (Lipinski definition) is 1. The molecule has 28 heavy (non-hydrogen) atoms. The summed E-state index contributed by atoms with van der Waals surface area (Å²) in [4.78, 5) is 13.8. The highest BCUT2D eigenvalue weighted by atomic mass is 35.5. The number of benzene rings is 2. The van der Waals surface area contributed by atoms with Gasteiger partial charge in [-0.25, -0.2) is 8.42 Å². The standard InChI is InChI=1S/C20H23ClN2O3S2/c1-27-19-9-5-4-8-18(19)22-20(24)16-14-15(10-11-17(16)21)28(25,26)23-12-6-2-3-7-13-23/h4-5,8-11,14H,2-3,6-7,12-13H2,1H3,(H,22,24). The minimum absolute atomic E-state index is 0.0992. The zero-order valence-corrected chi connectivity index (χ0v) is 18.0. The Kier molecular flexibility index (Phi) is 7.04. The van der Waals surface area contributed by atoms with Gasteiger partial charge in [-0.05, 0) is 49.4 Å². The van der Waals surface area contributed by atoms with Crippen molar-refractivity contribution in [2.24, 2.45) is 0 Å².